The predicted octanol–water partition coefficient (Wildman–Crippen LogP) is 1.94. The Labute approximate surface area is 190 Å². The Morgan fingerprint density at radius 2 is 1.90 bits per heavy atom. The lowest BCUT2D eigenvalue weighted by Gasteiger charge is -2.42. The van der Waals surface area contributed by atoms with Crippen LogP contribution in [0.2, 0.25) is 10.0 Å². The van der Waals surface area contributed by atoms with Crippen LogP contribution in [0.3, 0.4) is 0 Å². The number of pyridine rings is 2. The first kappa shape index (κ1) is 22.0. The summed E-state index contributed by atoms with van der Waals surface area (Å²) in [6.45, 7) is 3.96. The fraction of sp³-hybridized carbons (Fsp3) is 0.429. The van der Waals surface area contributed by atoms with E-state index in [0.29, 0.717) is 26.3 Å². The van der Waals surface area contributed by atoms with Crippen LogP contribution in [0, 0.1) is 0 Å². The lowest BCUT2D eigenvalue weighted by atomic mass is 9.86. The van der Waals surface area contributed by atoms with Crippen LogP contribution in [-0.4, -0.2) is 70.0 Å². The van der Waals surface area contributed by atoms with Crippen LogP contribution < -0.4 is 10.6 Å². The summed E-state index contributed by atoms with van der Waals surface area (Å²) in [5.74, 6) is -0.213. The molecule has 0 aromatic carbocycles. The molecule has 0 bridgehead atoms. The third-order valence-electron chi connectivity index (χ3n) is 6.03. The summed E-state index contributed by atoms with van der Waals surface area (Å²) in [7, 11) is 0. The Morgan fingerprint density at radius 1 is 1.16 bits per heavy atom. The maximum atomic E-state index is 12.7. The van der Waals surface area contributed by atoms with E-state index in [4.69, 9.17) is 23.2 Å². The summed E-state index contributed by atoms with van der Waals surface area (Å²) in [6, 6.07) is 3.94. The smallest absolute Gasteiger partial charge is 0.254 e. The van der Waals surface area contributed by atoms with Crippen molar-refractivity contribution in [3.8, 4) is 0 Å². The molecular formula is C21H24Cl2N6O2. The molecule has 164 valence electrons. The largest absolute Gasteiger partial charge is 0.351 e. The number of halogens is 2. The van der Waals surface area contributed by atoms with Crippen molar-refractivity contribution in [3.63, 3.8) is 0 Å². The number of nitrogens with one attached hydrogen (secondary N) is 2. The Balaban J connectivity index is 1.30. The average Bonchev–Trinajstić information content (AvgIpc) is 3.05. The molecule has 0 unspecified atom stereocenters. The molecule has 0 radical (unpaired) electrons. The third kappa shape index (κ3) is 4.67. The molecule has 2 amide bonds. The molecule has 0 atom stereocenters. The monoisotopic (exact) mass is 462 g/mol. The summed E-state index contributed by atoms with van der Waals surface area (Å²) in [5.41, 5.74) is 0.856. The molecule has 31 heavy (non-hydrogen) atoms. The van der Waals surface area contributed by atoms with Crippen LogP contribution in [0.1, 0.15) is 28.8 Å². The quantitative estimate of drug-likeness (QED) is 0.681. The number of hydrogen-bond acceptors (Lipinski definition) is 6. The summed E-state index contributed by atoms with van der Waals surface area (Å²) in [5, 5.41) is 6.33. The van der Waals surface area contributed by atoms with Crippen LogP contribution in [-0.2, 0) is 11.3 Å². The van der Waals surface area contributed by atoms with Crippen LogP contribution in [0.15, 0.2) is 36.9 Å². The van der Waals surface area contributed by atoms with Crippen molar-refractivity contribution >= 4 is 35.0 Å². The van der Waals surface area contributed by atoms with Crippen molar-refractivity contribution in [2.45, 2.75) is 24.9 Å². The van der Waals surface area contributed by atoms with E-state index in [1.165, 1.54) is 12.4 Å². The van der Waals surface area contributed by atoms with Crippen molar-refractivity contribution in [2.75, 3.05) is 32.8 Å². The minimum absolute atomic E-state index is 0.103. The Bertz CT molecular complexity index is 930. The Kier molecular flexibility index (Phi) is 6.71. The molecule has 2 fully saturated rings. The summed E-state index contributed by atoms with van der Waals surface area (Å²) in [6.07, 6.45) is 7.88. The fourth-order valence-electron chi connectivity index (χ4n) is 4.28. The zero-order valence-electron chi connectivity index (χ0n) is 17.0. The van der Waals surface area contributed by atoms with Crippen LogP contribution in [0.25, 0.3) is 0 Å². The van der Waals surface area contributed by atoms with Gasteiger partial charge in [-0.1, -0.05) is 29.3 Å². The number of nitrogens with zero attached hydrogens (tertiary/aromatic N) is 4. The minimum atomic E-state index is -0.478. The van der Waals surface area contributed by atoms with Gasteiger partial charge in [-0.2, -0.15) is 0 Å². The third-order valence-corrected chi connectivity index (χ3v) is 6.61. The lowest BCUT2D eigenvalue weighted by Crippen LogP contribution is -2.56. The Hall–Kier alpha value is -2.26. The van der Waals surface area contributed by atoms with Crippen molar-refractivity contribution in [1.82, 2.24) is 30.4 Å². The highest BCUT2D eigenvalue weighted by molar-refractivity contribution is 6.39. The number of piperidine rings is 1. The normalized spacial score (nSPS) is 18.8. The highest BCUT2D eigenvalue weighted by Gasteiger charge is 2.49. The van der Waals surface area contributed by atoms with Gasteiger partial charge in [-0.15, -0.1) is 0 Å². The molecule has 10 heteroatoms. The molecule has 2 aromatic heterocycles. The number of carbonyl (C=O) groups is 2. The number of carbonyl (C=O) groups excluding carboxylic acids is 2. The van der Waals surface area contributed by atoms with Crippen LogP contribution >= 0.6 is 23.2 Å². The van der Waals surface area contributed by atoms with Gasteiger partial charge in [0, 0.05) is 57.5 Å². The van der Waals surface area contributed by atoms with Crippen molar-refractivity contribution < 1.29 is 9.59 Å². The first-order valence-corrected chi connectivity index (χ1v) is 11.0. The summed E-state index contributed by atoms with van der Waals surface area (Å²) < 4.78 is 0. The van der Waals surface area contributed by atoms with Crippen molar-refractivity contribution in [1.29, 1.82) is 0 Å². The fourth-order valence-corrected chi connectivity index (χ4v) is 4.82. The van der Waals surface area contributed by atoms with E-state index in [1.54, 1.807) is 6.20 Å². The first-order chi connectivity index (χ1) is 15.0. The van der Waals surface area contributed by atoms with Gasteiger partial charge in [0.15, 0.2) is 0 Å². The first-order valence-electron chi connectivity index (χ1n) is 10.2. The molecule has 4 rings (SSSR count). The second-order valence-electron chi connectivity index (χ2n) is 7.83. The minimum Gasteiger partial charge on any atom is -0.351 e. The summed E-state index contributed by atoms with van der Waals surface area (Å²) >= 11 is 12.1. The number of hydrogen-bond donors (Lipinski definition) is 2. The molecule has 2 aromatic rings. The molecule has 2 N–H and O–H groups in total. The molecule has 0 aliphatic carbocycles. The van der Waals surface area contributed by atoms with Crippen LogP contribution in [0.4, 0.5) is 0 Å². The van der Waals surface area contributed by atoms with E-state index in [9.17, 15) is 9.59 Å². The zero-order chi connectivity index (χ0) is 21.8. The van der Waals surface area contributed by atoms with Gasteiger partial charge >= 0.3 is 0 Å². The topological polar surface area (TPSA) is 90.5 Å². The van der Waals surface area contributed by atoms with Gasteiger partial charge in [0.2, 0.25) is 5.91 Å². The van der Waals surface area contributed by atoms with Gasteiger partial charge in [-0.25, -0.2) is 0 Å². The molecule has 1 spiro atoms. The van der Waals surface area contributed by atoms with E-state index in [1.807, 2.05) is 18.3 Å². The number of rotatable bonds is 6. The summed E-state index contributed by atoms with van der Waals surface area (Å²) in [4.78, 5) is 37.6. The van der Waals surface area contributed by atoms with Crippen LogP contribution in [0.5, 0.6) is 0 Å². The highest BCUT2D eigenvalue weighted by atomic mass is 35.5. The number of aromatic nitrogens is 2. The number of amides is 2. The van der Waals surface area contributed by atoms with Crippen molar-refractivity contribution in [3.05, 3.63) is 58.1 Å². The van der Waals surface area contributed by atoms with E-state index in [2.05, 4.69) is 30.4 Å². The van der Waals surface area contributed by atoms with Crippen molar-refractivity contribution in [2.24, 2.45) is 0 Å². The predicted molar refractivity (Wildman–Crippen MR) is 118 cm³/mol. The molecular weight excluding hydrogens is 439 g/mol. The van der Waals surface area contributed by atoms with Gasteiger partial charge in [0.1, 0.15) is 5.54 Å². The van der Waals surface area contributed by atoms with Gasteiger partial charge in [-0.3, -0.25) is 24.5 Å². The van der Waals surface area contributed by atoms with E-state index < -0.39 is 5.54 Å². The standard InChI is InChI=1S/C21H24Cl2N6O2/c22-16-11-25-12-17(23)18(16)19(30)26-6-9-28-7-3-21(4-8-28)20(31)27-14-29(21)13-15-2-1-5-24-10-15/h1-2,5,10-12H,3-4,6-9,13-14H2,(H,26,30)(H,27,31). The van der Waals surface area contributed by atoms with Gasteiger partial charge in [0.05, 0.1) is 22.3 Å². The van der Waals surface area contributed by atoms with Gasteiger partial charge < -0.3 is 15.5 Å². The molecule has 0 saturated carbocycles. The second kappa shape index (κ2) is 9.48. The maximum absolute atomic E-state index is 12.7. The van der Waals surface area contributed by atoms with E-state index >= 15 is 0 Å². The molecule has 2 aliphatic rings. The number of likely N-dealkylation sites (tertiary alicyclic amines) is 1. The Morgan fingerprint density at radius 3 is 2.58 bits per heavy atom. The lowest BCUT2D eigenvalue weighted by molar-refractivity contribution is -0.129. The molecule has 8 nitrogen and oxygen atoms in total. The second-order valence-corrected chi connectivity index (χ2v) is 8.64. The molecule has 4 heterocycles. The zero-order valence-corrected chi connectivity index (χ0v) is 18.5. The SMILES string of the molecule is O=C(NCCN1CCC2(CC1)C(=O)NCN2Cc1cccnc1)c1c(Cl)cncc1Cl. The van der Waals surface area contributed by atoms with Gasteiger partial charge in [-0.05, 0) is 24.5 Å². The maximum Gasteiger partial charge on any atom is 0.254 e. The average molecular weight is 463 g/mol. The van der Waals surface area contributed by atoms with E-state index in [-0.39, 0.29) is 27.4 Å². The molecule has 2 saturated heterocycles. The molecule has 2 aliphatic heterocycles. The van der Waals surface area contributed by atoms with E-state index in [0.717, 1.165) is 31.5 Å². The van der Waals surface area contributed by atoms with Gasteiger partial charge in [0.25, 0.3) is 5.91 Å². The highest BCUT2D eigenvalue weighted by Crippen LogP contribution is 2.33.